The molecule has 0 aliphatic heterocycles. The van der Waals surface area contributed by atoms with E-state index in [9.17, 15) is 4.39 Å². The van der Waals surface area contributed by atoms with E-state index in [0.29, 0.717) is 6.04 Å². The number of halogens is 1. The lowest BCUT2D eigenvalue weighted by Gasteiger charge is -2.16. The molecule has 0 amide bonds. The van der Waals surface area contributed by atoms with Crippen LogP contribution in [0.15, 0.2) is 24.3 Å². The minimum Gasteiger partial charge on any atom is -0.308 e. The van der Waals surface area contributed by atoms with Crippen LogP contribution in [0, 0.1) is 5.82 Å². The molecule has 0 heterocycles. The summed E-state index contributed by atoms with van der Waals surface area (Å²) in [5.41, 5.74) is 1.12. The highest BCUT2D eigenvalue weighted by molar-refractivity contribution is 5.19. The van der Waals surface area contributed by atoms with Crippen molar-refractivity contribution in [2.24, 2.45) is 0 Å². The van der Waals surface area contributed by atoms with Crippen LogP contribution in [0.1, 0.15) is 32.4 Å². The van der Waals surface area contributed by atoms with Crippen molar-refractivity contribution in [2.45, 2.75) is 32.9 Å². The van der Waals surface area contributed by atoms with E-state index in [1.807, 2.05) is 12.1 Å². The van der Waals surface area contributed by atoms with Crippen LogP contribution in [0.25, 0.3) is 0 Å². The van der Waals surface area contributed by atoms with Crippen LogP contribution < -0.4 is 5.32 Å². The third kappa shape index (κ3) is 3.15. The average Bonchev–Trinajstić information content (AvgIpc) is 2.04. The zero-order valence-electron chi connectivity index (χ0n) is 8.34. The Balaban J connectivity index is 2.66. The van der Waals surface area contributed by atoms with Gasteiger partial charge in [-0.1, -0.05) is 26.0 Å². The molecule has 13 heavy (non-hydrogen) atoms. The molecule has 0 radical (unpaired) electrons. The number of nitrogens with one attached hydrogen (secondary N) is 1. The van der Waals surface area contributed by atoms with Gasteiger partial charge in [0, 0.05) is 12.1 Å². The molecule has 1 aromatic rings. The van der Waals surface area contributed by atoms with Crippen LogP contribution in [-0.4, -0.2) is 6.04 Å². The Kier molecular flexibility index (Phi) is 3.43. The maximum atomic E-state index is 12.6. The van der Waals surface area contributed by atoms with E-state index in [0.717, 1.165) is 5.56 Å². The fourth-order valence-electron chi connectivity index (χ4n) is 1.35. The van der Waals surface area contributed by atoms with Crippen LogP contribution in [0.2, 0.25) is 0 Å². The van der Waals surface area contributed by atoms with Gasteiger partial charge in [0.25, 0.3) is 0 Å². The maximum Gasteiger partial charge on any atom is 0.123 e. The normalized spacial score (nSPS) is 13.3. The van der Waals surface area contributed by atoms with Crippen molar-refractivity contribution in [1.29, 1.82) is 0 Å². The van der Waals surface area contributed by atoms with Gasteiger partial charge in [0.1, 0.15) is 5.82 Å². The van der Waals surface area contributed by atoms with Crippen LogP contribution in [0.3, 0.4) is 0 Å². The molecule has 72 valence electrons. The van der Waals surface area contributed by atoms with E-state index >= 15 is 0 Å². The van der Waals surface area contributed by atoms with E-state index in [4.69, 9.17) is 0 Å². The molecule has 2 heteroatoms. The third-order valence-corrected chi connectivity index (χ3v) is 1.95. The molecule has 0 saturated carbocycles. The molecule has 0 aromatic heterocycles. The van der Waals surface area contributed by atoms with Gasteiger partial charge in [-0.3, -0.25) is 0 Å². The van der Waals surface area contributed by atoms with E-state index < -0.39 is 0 Å². The Morgan fingerprint density at radius 2 is 1.62 bits per heavy atom. The molecule has 0 saturated heterocycles. The Morgan fingerprint density at radius 3 is 2.08 bits per heavy atom. The van der Waals surface area contributed by atoms with Gasteiger partial charge in [-0.25, -0.2) is 4.39 Å². The summed E-state index contributed by atoms with van der Waals surface area (Å²) in [4.78, 5) is 0. The first-order valence-corrected chi connectivity index (χ1v) is 4.61. The quantitative estimate of drug-likeness (QED) is 0.756. The first-order chi connectivity index (χ1) is 6.09. The molecule has 1 N–H and O–H groups in total. The topological polar surface area (TPSA) is 12.0 Å². The molecule has 0 aliphatic rings. The molecular weight excluding hydrogens is 165 g/mol. The second-order valence-electron chi connectivity index (χ2n) is 3.59. The molecule has 0 spiro atoms. The molecule has 1 aromatic carbocycles. The SMILES string of the molecule is CC(C)N[C@H](C)c1ccc(F)cc1. The standard InChI is InChI=1S/C11H16FN/c1-8(2)13-9(3)10-4-6-11(12)7-5-10/h4-9,13H,1-3H3/t9-/m1/s1. The van der Waals surface area contributed by atoms with Crippen molar-refractivity contribution in [2.75, 3.05) is 0 Å². The average molecular weight is 181 g/mol. The van der Waals surface area contributed by atoms with E-state index in [1.165, 1.54) is 12.1 Å². The summed E-state index contributed by atoms with van der Waals surface area (Å²) >= 11 is 0. The van der Waals surface area contributed by atoms with Crippen LogP contribution in [0.5, 0.6) is 0 Å². The summed E-state index contributed by atoms with van der Waals surface area (Å²) in [6.45, 7) is 6.27. The fourth-order valence-corrected chi connectivity index (χ4v) is 1.35. The van der Waals surface area contributed by atoms with Gasteiger partial charge in [0.2, 0.25) is 0 Å². The van der Waals surface area contributed by atoms with Gasteiger partial charge in [0.05, 0.1) is 0 Å². The zero-order chi connectivity index (χ0) is 9.84. The fraction of sp³-hybridized carbons (Fsp3) is 0.455. The first-order valence-electron chi connectivity index (χ1n) is 4.61. The summed E-state index contributed by atoms with van der Waals surface area (Å²) in [6, 6.07) is 7.34. The highest BCUT2D eigenvalue weighted by Gasteiger charge is 2.05. The van der Waals surface area contributed by atoms with Crippen molar-refractivity contribution in [3.63, 3.8) is 0 Å². The zero-order valence-corrected chi connectivity index (χ0v) is 8.34. The first kappa shape index (κ1) is 10.2. The van der Waals surface area contributed by atoms with Gasteiger partial charge >= 0.3 is 0 Å². The van der Waals surface area contributed by atoms with E-state index in [2.05, 4.69) is 26.1 Å². The molecular formula is C11H16FN. The summed E-state index contributed by atoms with van der Waals surface area (Å²) in [5.74, 6) is -0.180. The number of rotatable bonds is 3. The number of benzene rings is 1. The Hall–Kier alpha value is -0.890. The Morgan fingerprint density at radius 1 is 1.08 bits per heavy atom. The van der Waals surface area contributed by atoms with Crippen molar-refractivity contribution in [3.05, 3.63) is 35.6 Å². The van der Waals surface area contributed by atoms with Crippen LogP contribution in [0.4, 0.5) is 4.39 Å². The molecule has 0 aliphatic carbocycles. The number of hydrogen-bond acceptors (Lipinski definition) is 1. The smallest absolute Gasteiger partial charge is 0.123 e. The van der Waals surface area contributed by atoms with Gasteiger partial charge < -0.3 is 5.32 Å². The summed E-state index contributed by atoms with van der Waals surface area (Å²) < 4.78 is 12.6. The predicted molar refractivity (Wildman–Crippen MR) is 53.1 cm³/mol. The highest BCUT2D eigenvalue weighted by Crippen LogP contribution is 2.13. The summed E-state index contributed by atoms with van der Waals surface area (Å²) in [5, 5.41) is 3.36. The second-order valence-corrected chi connectivity index (χ2v) is 3.59. The largest absolute Gasteiger partial charge is 0.308 e. The van der Waals surface area contributed by atoms with Crippen molar-refractivity contribution >= 4 is 0 Å². The minimum atomic E-state index is -0.180. The third-order valence-electron chi connectivity index (χ3n) is 1.95. The molecule has 0 unspecified atom stereocenters. The van der Waals surface area contributed by atoms with Crippen molar-refractivity contribution in [3.8, 4) is 0 Å². The lowest BCUT2D eigenvalue weighted by atomic mass is 10.1. The maximum absolute atomic E-state index is 12.6. The summed E-state index contributed by atoms with van der Waals surface area (Å²) in [7, 11) is 0. The van der Waals surface area contributed by atoms with Gasteiger partial charge in [-0.2, -0.15) is 0 Å². The molecule has 0 bridgehead atoms. The van der Waals surface area contributed by atoms with E-state index in [-0.39, 0.29) is 11.9 Å². The van der Waals surface area contributed by atoms with Crippen molar-refractivity contribution < 1.29 is 4.39 Å². The second kappa shape index (κ2) is 4.38. The van der Waals surface area contributed by atoms with Crippen LogP contribution in [-0.2, 0) is 0 Å². The lowest BCUT2D eigenvalue weighted by molar-refractivity contribution is 0.505. The molecule has 1 nitrogen and oxygen atoms in total. The number of hydrogen-bond donors (Lipinski definition) is 1. The molecule has 1 atom stereocenters. The summed E-state index contributed by atoms with van der Waals surface area (Å²) in [6.07, 6.45) is 0. The van der Waals surface area contributed by atoms with Crippen LogP contribution >= 0.6 is 0 Å². The monoisotopic (exact) mass is 181 g/mol. The van der Waals surface area contributed by atoms with Gasteiger partial charge in [0.15, 0.2) is 0 Å². The molecule has 1 rings (SSSR count). The Bertz CT molecular complexity index is 253. The highest BCUT2D eigenvalue weighted by atomic mass is 19.1. The minimum absolute atomic E-state index is 0.180. The van der Waals surface area contributed by atoms with Gasteiger partial charge in [-0.05, 0) is 24.6 Å². The van der Waals surface area contributed by atoms with Crippen molar-refractivity contribution in [1.82, 2.24) is 5.32 Å². The van der Waals surface area contributed by atoms with E-state index in [1.54, 1.807) is 0 Å². The predicted octanol–water partition coefficient (Wildman–Crippen LogP) is 2.88. The van der Waals surface area contributed by atoms with Gasteiger partial charge in [-0.15, -0.1) is 0 Å². The Labute approximate surface area is 79.0 Å². The molecule has 0 fully saturated rings. The lowest BCUT2D eigenvalue weighted by Crippen LogP contribution is -2.25.